The van der Waals surface area contributed by atoms with Crippen LogP contribution in [0.2, 0.25) is 0 Å². The average Bonchev–Trinajstić information content (AvgIpc) is 2.75. The zero-order chi connectivity index (χ0) is 13.9. The zero-order valence-electron chi connectivity index (χ0n) is 11.5. The highest BCUT2D eigenvalue weighted by molar-refractivity contribution is 6.04. The van der Waals surface area contributed by atoms with Crippen LogP contribution in [0.4, 0.5) is 5.69 Å². The van der Waals surface area contributed by atoms with Crippen molar-refractivity contribution in [1.29, 1.82) is 0 Å². The Bertz CT molecular complexity index is 609. The Morgan fingerprint density at radius 2 is 1.70 bits per heavy atom. The van der Waals surface area contributed by atoms with E-state index in [0.29, 0.717) is 6.54 Å². The second kappa shape index (κ2) is 5.47. The van der Waals surface area contributed by atoms with Crippen molar-refractivity contribution in [2.24, 2.45) is 0 Å². The highest BCUT2D eigenvalue weighted by atomic mass is 16.2. The Balaban J connectivity index is 1.94. The summed E-state index contributed by atoms with van der Waals surface area (Å²) in [5, 5.41) is 0. The van der Waals surface area contributed by atoms with E-state index >= 15 is 0 Å². The third-order valence-electron chi connectivity index (χ3n) is 3.84. The molecule has 2 aromatic carbocycles. The third-order valence-corrected chi connectivity index (χ3v) is 3.84. The van der Waals surface area contributed by atoms with Crippen LogP contribution < -0.4 is 10.6 Å². The molecule has 3 rings (SSSR count). The molecule has 0 saturated heterocycles. The number of anilines is 1. The third kappa shape index (κ3) is 2.21. The summed E-state index contributed by atoms with van der Waals surface area (Å²) in [5.41, 5.74) is 7.26. The minimum absolute atomic E-state index is 0.0209. The molecule has 3 nitrogen and oxygen atoms in total. The molecule has 0 radical (unpaired) electrons. The molecule has 1 aliphatic rings. The molecule has 0 aliphatic carbocycles. The maximum Gasteiger partial charge on any atom is 0.235 e. The highest BCUT2D eigenvalue weighted by Gasteiger charge is 2.36. The lowest BCUT2D eigenvalue weighted by Gasteiger charge is -2.18. The molecule has 1 atom stereocenters. The molecule has 1 heterocycles. The first-order chi connectivity index (χ1) is 9.81. The average molecular weight is 267 g/mol. The summed E-state index contributed by atoms with van der Waals surface area (Å²) in [6.45, 7) is 1.42. The van der Waals surface area contributed by atoms with Gasteiger partial charge in [-0.3, -0.25) is 4.79 Å². The molecule has 0 aromatic heterocycles. The Hall–Kier alpha value is -2.13. The van der Waals surface area contributed by atoms with Crippen LogP contribution >= 0.6 is 0 Å². The van der Waals surface area contributed by atoms with Crippen molar-refractivity contribution in [1.82, 2.24) is 0 Å². The lowest BCUT2D eigenvalue weighted by Crippen LogP contribution is -2.51. The van der Waals surface area contributed by atoms with E-state index in [9.17, 15) is 4.79 Å². The highest BCUT2D eigenvalue weighted by Crippen LogP contribution is 2.39. The van der Waals surface area contributed by atoms with Crippen molar-refractivity contribution < 1.29 is 10.5 Å². The van der Waals surface area contributed by atoms with Crippen molar-refractivity contribution in [3.05, 3.63) is 65.7 Å². The van der Waals surface area contributed by atoms with Crippen molar-refractivity contribution in [2.45, 2.75) is 18.9 Å². The van der Waals surface area contributed by atoms with Gasteiger partial charge in [-0.15, -0.1) is 0 Å². The first-order valence-electron chi connectivity index (χ1n) is 7.04. The van der Waals surface area contributed by atoms with Crippen LogP contribution in [-0.4, -0.2) is 12.5 Å². The van der Waals surface area contributed by atoms with Gasteiger partial charge in [0.1, 0.15) is 0 Å². The van der Waals surface area contributed by atoms with Crippen molar-refractivity contribution >= 4 is 11.6 Å². The normalized spacial score (nSPS) is 17.4. The van der Waals surface area contributed by atoms with Crippen LogP contribution in [0.3, 0.4) is 0 Å². The number of hydrogen-bond acceptors (Lipinski definition) is 1. The predicted octanol–water partition coefficient (Wildman–Crippen LogP) is 1.95. The molecule has 3 heteroatoms. The van der Waals surface area contributed by atoms with E-state index in [1.807, 2.05) is 41.3 Å². The summed E-state index contributed by atoms with van der Waals surface area (Å²) in [7, 11) is 0. The second-order valence-electron chi connectivity index (χ2n) is 5.16. The maximum absolute atomic E-state index is 12.7. The van der Waals surface area contributed by atoms with Gasteiger partial charge in [-0.1, -0.05) is 48.5 Å². The number of quaternary nitrogens is 1. The van der Waals surface area contributed by atoms with Crippen LogP contribution in [0.1, 0.15) is 23.5 Å². The van der Waals surface area contributed by atoms with Gasteiger partial charge in [-0.2, -0.15) is 0 Å². The SMILES string of the molecule is [NH3+]CC[C@H]1C(=O)N(Cc2ccccc2)c2ccccc21. The van der Waals surface area contributed by atoms with Crippen LogP contribution in [0.15, 0.2) is 54.6 Å². The van der Waals surface area contributed by atoms with E-state index in [-0.39, 0.29) is 11.8 Å². The number of rotatable bonds is 4. The predicted molar refractivity (Wildman–Crippen MR) is 79.2 cm³/mol. The number of benzene rings is 2. The summed E-state index contributed by atoms with van der Waals surface area (Å²) in [6.07, 6.45) is 0.821. The fourth-order valence-electron chi connectivity index (χ4n) is 2.88. The van der Waals surface area contributed by atoms with Crippen molar-refractivity contribution in [3.8, 4) is 0 Å². The number of carbonyl (C=O) groups excluding carboxylic acids is 1. The number of para-hydroxylation sites is 1. The molecule has 2 aromatic rings. The van der Waals surface area contributed by atoms with Gasteiger partial charge in [0.15, 0.2) is 0 Å². The van der Waals surface area contributed by atoms with Gasteiger partial charge in [0.05, 0.1) is 19.0 Å². The molecule has 0 bridgehead atoms. The number of fused-ring (bicyclic) bond motifs is 1. The number of nitrogens with zero attached hydrogens (tertiary/aromatic N) is 1. The van der Waals surface area contributed by atoms with Crippen LogP contribution in [0.25, 0.3) is 0 Å². The summed E-state index contributed by atoms with van der Waals surface area (Å²) in [5.74, 6) is 0.186. The lowest BCUT2D eigenvalue weighted by molar-refractivity contribution is -0.368. The van der Waals surface area contributed by atoms with Gasteiger partial charge in [0.2, 0.25) is 5.91 Å². The minimum Gasteiger partial charge on any atom is -0.358 e. The molecule has 0 spiro atoms. The standard InChI is InChI=1S/C17H18N2O/c18-11-10-15-14-8-4-5-9-16(14)19(17(15)20)12-13-6-2-1-3-7-13/h1-9,15H,10-12,18H2/p+1/t15-/m1/s1. The molecule has 3 N–H and O–H groups in total. The number of hydrogen-bond donors (Lipinski definition) is 1. The topological polar surface area (TPSA) is 48.0 Å². The molecule has 1 amide bonds. The molecular formula is C17H19N2O+. The van der Waals surface area contributed by atoms with Gasteiger partial charge < -0.3 is 10.6 Å². The Labute approximate surface area is 119 Å². The summed E-state index contributed by atoms with van der Waals surface area (Å²) in [4.78, 5) is 14.6. The quantitative estimate of drug-likeness (QED) is 0.904. The molecule has 1 aliphatic heterocycles. The van der Waals surface area contributed by atoms with Gasteiger partial charge in [-0.05, 0) is 17.2 Å². The summed E-state index contributed by atoms with van der Waals surface area (Å²) in [6, 6.07) is 18.2. The molecule has 0 unspecified atom stereocenters. The number of amides is 1. The van der Waals surface area contributed by atoms with E-state index in [2.05, 4.69) is 23.9 Å². The largest absolute Gasteiger partial charge is 0.358 e. The minimum atomic E-state index is -0.0209. The summed E-state index contributed by atoms with van der Waals surface area (Å²) < 4.78 is 0. The van der Waals surface area contributed by atoms with E-state index in [4.69, 9.17) is 0 Å². The van der Waals surface area contributed by atoms with E-state index < -0.39 is 0 Å². The second-order valence-corrected chi connectivity index (χ2v) is 5.16. The Kier molecular flexibility index (Phi) is 3.52. The monoisotopic (exact) mass is 267 g/mol. The maximum atomic E-state index is 12.7. The van der Waals surface area contributed by atoms with Crippen LogP contribution in [0.5, 0.6) is 0 Å². The van der Waals surface area contributed by atoms with Gasteiger partial charge in [-0.25, -0.2) is 0 Å². The fraction of sp³-hybridized carbons (Fsp3) is 0.235. The van der Waals surface area contributed by atoms with Crippen molar-refractivity contribution in [2.75, 3.05) is 11.4 Å². The van der Waals surface area contributed by atoms with Crippen LogP contribution in [-0.2, 0) is 11.3 Å². The van der Waals surface area contributed by atoms with Gasteiger partial charge >= 0.3 is 0 Å². The molecule has 0 fully saturated rings. The zero-order valence-corrected chi connectivity index (χ0v) is 11.5. The van der Waals surface area contributed by atoms with Gasteiger partial charge in [0, 0.05) is 12.1 Å². The lowest BCUT2D eigenvalue weighted by atomic mass is 9.97. The first-order valence-corrected chi connectivity index (χ1v) is 7.04. The fourth-order valence-corrected chi connectivity index (χ4v) is 2.88. The number of carbonyl (C=O) groups is 1. The van der Waals surface area contributed by atoms with E-state index in [0.717, 1.165) is 29.8 Å². The van der Waals surface area contributed by atoms with E-state index in [1.54, 1.807) is 0 Å². The molecule has 20 heavy (non-hydrogen) atoms. The smallest absolute Gasteiger partial charge is 0.235 e. The van der Waals surface area contributed by atoms with E-state index in [1.165, 1.54) is 0 Å². The Morgan fingerprint density at radius 1 is 1.00 bits per heavy atom. The Morgan fingerprint density at radius 3 is 2.45 bits per heavy atom. The molecule has 102 valence electrons. The van der Waals surface area contributed by atoms with Gasteiger partial charge in [0.25, 0.3) is 0 Å². The van der Waals surface area contributed by atoms with Crippen molar-refractivity contribution in [3.63, 3.8) is 0 Å². The first kappa shape index (κ1) is 12.9. The summed E-state index contributed by atoms with van der Waals surface area (Å²) >= 11 is 0. The molecular weight excluding hydrogens is 248 g/mol. The molecule has 0 saturated carbocycles. The van der Waals surface area contributed by atoms with Crippen LogP contribution in [0, 0.1) is 0 Å².